The van der Waals surface area contributed by atoms with Gasteiger partial charge in [0.05, 0.1) is 0 Å². The summed E-state index contributed by atoms with van der Waals surface area (Å²) in [4.78, 5) is 26.0. The van der Waals surface area contributed by atoms with Crippen LogP contribution in [-0.2, 0) is 4.79 Å². The zero-order valence-electron chi connectivity index (χ0n) is 14.5. The van der Waals surface area contributed by atoms with Gasteiger partial charge >= 0.3 is 0 Å². The number of nitrogens with zero attached hydrogens (tertiary/aromatic N) is 1. The molecule has 1 N–H and O–H groups in total. The molecule has 0 atom stereocenters. The molecule has 138 valence electrons. The number of carbonyl (C=O) groups is 2. The summed E-state index contributed by atoms with van der Waals surface area (Å²) >= 11 is 0. The summed E-state index contributed by atoms with van der Waals surface area (Å²) < 4.78 is 23.7. The van der Waals surface area contributed by atoms with Crippen LogP contribution in [-0.4, -0.2) is 42.5 Å². The normalized spacial score (nSPS) is 14.9. The van der Waals surface area contributed by atoms with Crippen LogP contribution in [0.15, 0.2) is 40.8 Å². The smallest absolute Gasteiger partial charge is 0.287 e. The molecule has 1 saturated heterocycles. The third-order valence-corrected chi connectivity index (χ3v) is 4.31. The van der Waals surface area contributed by atoms with E-state index in [9.17, 15) is 14.0 Å². The van der Waals surface area contributed by atoms with Gasteiger partial charge in [-0.05, 0) is 44.0 Å². The number of furan rings is 1. The van der Waals surface area contributed by atoms with Crippen molar-refractivity contribution in [3.05, 3.63) is 53.7 Å². The first-order chi connectivity index (χ1) is 12.5. The maximum atomic E-state index is 13.1. The van der Waals surface area contributed by atoms with Gasteiger partial charge in [-0.25, -0.2) is 4.39 Å². The number of hydrogen-bond acceptors (Lipinski definition) is 4. The second kappa shape index (κ2) is 8.03. The minimum absolute atomic E-state index is 0.00101. The summed E-state index contributed by atoms with van der Waals surface area (Å²) in [5.41, 5.74) is 0. The van der Waals surface area contributed by atoms with Crippen LogP contribution in [0.4, 0.5) is 4.39 Å². The Labute approximate surface area is 150 Å². The highest BCUT2D eigenvalue weighted by molar-refractivity contribution is 5.91. The van der Waals surface area contributed by atoms with Gasteiger partial charge in [0.15, 0.2) is 12.4 Å². The van der Waals surface area contributed by atoms with Gasteiger partial charge in [-0.3, -0.25) is 9.59 Å². The van der Waals surface area contributed by atoms with Crippen LogP contribution in [0, 0.1) is 12.7 Å². The Bertz CT molecular complexity index is 781. The Morgan fingerprint density at radius 3 is 2.69 bits per heavy atom. The first-order valence-corrected chi connectivity index (χ1v) is 8.55. The van der Waals surface area contributed by atoms with Crippen LogP contribution in [0.25, 0.3) is 0 Å². The predicted molar refractivity (Wildman–Crippen MR) is 92.4 cm³/mol. The second-order valence-electron chi connectivity index (χ2n) is 6.28. The highest BCUT2D eigenvalue weighted by Crippen LogP contribution is 2.15. The zero-order valence-corrected chi connectivity index (χ0v) is 14.5. The van der Waals surface area contributed by atoms with Gasteiger partial charge in [0.2, 0.25) is 0 Å². The van der Waals surface area contributed by atoms with E-state index in [4.69, 9.17) is 9.15 Å². The molecule has 1 aliphatic heterocycles. The van der Waals surface area contributed by atoms with Gasteiger partial charge < -0.3 is 19.4 Å². The number of ether oxygens (including phenoxy) is 1. The molecule has 0 spiro atoms. The highest BCUT2D eigenvalue weighted by atomic mass is 19.1. The van der Waals surface area contributed by atoms with E-state index >= 15 is 0 Å². The van der Waals surface area contributed by atoms with Gasteiger partial charge in [0, 0.05) is 25.2 Å². The number of piperidine rings is 1. The number of hydrogen-bond donors (Lipinski definition) is 1. The Kier molecular flexibility index (Phi) is 5.55. The molecule has 1 aromatic carbocycles. The molecule has 6 nitrogen and oxygen atoms in total. The monoisotopic (exact) mass is 360 g/mol. The van der Waals surface area contributed by atoms with Crippen molar-refractivity contribution in [1.29, 1.82) is 0 Å². The largest absolute Gasteiger partial charge is 0.484 e. The fraction of sp³-hybridized carbons (Fsp3) is 0.368. The average Bonchev–Trinajstić information content (AvgIpc) is 3.07. The lowest BCUT2D eigenvalue weighted by Crippen LogP contribution is -2.47. The molecule has 26 heavy (non-hydrogen) atoms. The summed E-state index contributed by atoms with van der Waals surface area (Å²) in [6.07, 6.45) is 1.33. The molecule has 2 amide bonds. The number of likely N-dealkylation sites (tertiary alicyclic amines) is 1. The van der Waals surface area contributed by atoms with E-state index in [0.717, 1.165) is 0 Å². The molecular formula is C19H21FN2O4. The molecule has 2 heterocycles. The first-order valence-electron chi connectivity index (χ1n) is 8.55. The van der Waals surface area contributed by atoms with Crippen LogP contribution < -0.4 is 10.1 Å². The molecule has 0 aliphatic carbocycles. The van der Waals surface area contributed by atoms with E-state index < -0.39 is 5.82 Å². The molecule has 1 aromatic heterocycles. The molecule has 7 heteroatoms. The standard InChI is InChI=1S/C19H21FN2O4/c1-13-5-6-17(26-13)19(24)21-15-7-9-22(10-8-15)18(23)12-25-16-4-2-3-14(20)11-16/h2-6,11,15H,7-10,12H2,1H3,(H,21,24). The Hall–Kier alpha value is -2.83. The van der Waals surface area contributed by atoms with Crippen molar-refractivity contribution in [2.24, 2.45) is 0 Å². The summed E-state index contributed by atoms with van der Waals surface area (Å²) in [6.45, 7) is 2.72. The van der Waals surface area contributed by atoms with E-state index in [-0.39, 0.29) is 24.5 Å². The lowest BCUT2D eigenvalue weighted by molar-refractivity contribution is -0.134. The van der Waals surface area contributed by atoms with Crippen molar-refractivity contribution in [2.75, 3.05) is 19.7 Å². The van der Waals surface area contributed by atoms with E-state index in [1.807, 2.05) is 0 Å². The van der Waals surface area contributed by atoms with Crippen LogP contribution in [0.2, 0.25) is 0 Å². The van der Waals surface area contributed by atoms with Crippen molar-refractivity contribution in [1.82, 2.24) is 10.2 Å². The molecule has 0 bridgehead atoms. The summed E-state index contributed by atoms with van der Waals surface area (Å²) in [5.74, 6) is 0.517. The number of aryl methyl sites for hydroxylation is 1. The minimum atomic E-state index is -0.404. The molecular weight excluding hydrogens is 339 g/mol. The van der Waals surface area contributed by atoms with E-state index in [1.54, 1.807) is 30.0 Å². The van der Waals surface area contributed by atoms with Crippen LogP contribution in [0.5, 0.6) is 5.75 Å². The summed E-state index contributed by atoms with van der Waals surface area (Å²) in [6, 6.07) is 9.09. The lowest BCUT2D eigenvalue weighted by atomic mass is 10.0. The quantitative estimate of drug-likeness (QED) is 0.889. The number of benzene rings is 1. The van der Waals surface area contributed by atoms with Crippen LogP contribution >= 0.6 is 0 Å². The van der Waals surface area contributed by atoms with Crippen LogP contribution in [0.1, 0.15) is 29.2 Å². The number of amides is 2. The Morgan fingerprint density at radius 2 is 2.04 bits per heavy atom. The highest BCUT2D eigenvalue weighted by Gasteiger charge is 2.25. The van der Waals surface area contributed by atoms with Crippen molar-refractivity contribution >= 4 is 11.8 Å². The lowest BCUT2D eigenvalue weighted by Gasteiger charge is -2.32. The first kappa shape index (κ1) is 18.0. The topological polar surface area (TPSA) is 71.8 Å². The fourth-order valence-corrected chi connectivity index (χ4v) is 2.88. The fourth-order valence-electron chi connectivity index (χ4n) is 2.88. The van der Waals surface area contributed by atoms with E-state index in [0.29, 0.717) is 43.2 Å². The van der Waals surface area contributed by atoms with E-state index in [1.165, 1.54) is 18.2 Å². The van der Waals surface area contributed by atoms with Gasteiger partial charge in [-0.1, -0.05) is 6.07 Å². The average molecular weight is 360 g/mol. The van der Waals surface area contributed by atoms with E-state index in [2.05, 4.69) is 5.32 Å². The molecule has 1 aliphatic rings. The second-order valence-corrected chi connectivity index (χ2v) is 6.28. The maximum absolute atomic E-state index is 13.1. The molecule has 2 aromatic rings. The molecule has 0 saturated carbocycles. The SMILES string of the molecule is Cc1ccc(C(=O)NC2CCN(C(=O)COc3cccc(F)c3)CC2)o1. The van der Waals surface area contributed by atoms with Crippen molar-refractivity contribution < 1.29 is 23.1 Å². The zero-order chi connectivity index (χ0) is 18.5. The molecule has 1 fully saturated rings. The molecule has 0 radical (unpaired) electrons. The number of carbonyl (C=O) groups excluding carboxylic acids is 2. The Morgan fingerprint density at radius 1 is 1.27 bits per heavy atom. The van der Waals surface area contributed by atoms with Gasteiger partial charge in [-0.2, -0.15) is 0 Å². The summed E-state index contributed by atoms with van der Waals surface area (Å²) in [5, 5.41) is 2.93. The van der Waals surface area contributed by atoms with Gasteiger partial charge in [0.1, 0.15) is 17.3 Å². The predicted octanol–water partition coefficient (Wildman–Crippen LogP) is 2.53. The molecule has 3 rings (SSSR count). The van der Waals surface area contributed by atoms with Crippen molar-refractivity contribution in [3.8, 4) is 5.75 Å². The van der Waals surface area contributed by atoms with Crippen molar-refractivity contribution in [3.63, 3.8) is 0 Å². The van der Waals surface area contributed by atoms with Crippen molar-refractivity contribution in [2.45, 2.75) is 25.8 Å². The maximum Gasteiger partial charge on any atom is 0.287 e. The minimum Gasteiger partial charge on any atom is -0.484 e. The third kappa shape index (κ3) is 4.62. The number of rotatable bonds is 5. The Balaban J connectivity index is 1.42. The van der Waals surface area contributed by atoms with Gasteiger partial charge in [0.25, 0.3) is 11.8 Å². The molecule has 0 unspecified atom stereocenters. The van der Waals surface area contributed by atoms with Gasteiger partial charge in [-0.15, -0.1) is 0 Å². The van der Waals surface area contributed by atoms with Crippen LogP contribution in [0.3, 0.4) is 0 Å². The summed E-state index contributed by atoms with van der Waals surface area (Å²) in [7, 11) is 0. The number of nitrogens with one attached hydrogen (secondary N) is 1. The third-order valence-electron chi connectivity index (χ3n) is 4.31. The number of halogens is 1.